The van der Waals surface area contributed by atoms with Gasteiger partial charge in [0.25, 0.3) is 0 Å². The molecule has 1 rings (SSSR count). The van der Waals surface area contributed by atoms with Crippen LogP contribution in [0, 0.1) is 11.6 Å². The first kappa shape index (κ1) is 4.52. The van der Waals surface area contributed by atoms with Crippen molar-refractivity contribution in [2.24, 2.45) is 0 Å². The zero-order valence-electron chi connectivity index (χ0n) is 3.76. The van der Waals surface area contributed by atoms with Crippen molar-refractivity contribution in [2.75, 3.05) is 0 Å². The van der Waals surface area contributed by atoms with E-state index >= 15 is 0 Å². The van der Waals surface area contributed by atoms with Gasteiger partial charge in [-0.05, 0) is 19.1 Å². The Bertz CT molecular complexity index is 201. The normalized spacial score (nSPS) is 9.29. The molecule has 0 aliphatic carbocycles. The Morgan fingerprint density at radius 2 is 2.57 bits per heavy atom. The largest absolute Gasteiger partial charge is 0.351 e. The molecule has 4 heteroatoms. The van der Waals surface area contributed by atoms with Crippen LogP contribution in [0.4, 0.5) is 0 Å². The highest BCUT2D eigenvalue weighted by molar-refractivity contribution is 7.71. The summed E-state index contributed by atoms with van der Waals surface area (Å²) in [6.07, 6.45) is 0. The van der Waals surface area contributed by atoms with Gasteiger partial charge in [0.1, 0.15) is 5.69 Å². The summed E-state index contributed by atoms with van der Waals surface area (Å²) in [5.41, 5.74) is 0.731. The topological polar surface area (TPSA) is 41.8 Å². The predicted octanol–water partition coefficient (Wildman–Crippen LogP) is 1.04. The molecule has 3 nitrogen and oxygen atoms in total. The second-order valence-corrected chi connectivity index (χ2v) is 1.55. The van der Waals surface area contributed by atoms with E-state index < -0.39 is 0 Å². The van der Waals surface area contributed by atoms with Gasteiger partial charge in [0, 0.05) is 0 Å². The van der Waals surface area contributed by atoms with Crippen molar-refractivity contribution >= 4 is 12.2 Å². The first-order valence-electron chi connectivity index (χ1n) is 1.81. The molecule has 0 unspecified atom stereocenters. The van der Waals surface area contributed by atoms with E-state index in [1.165, 1.54) is 0 Å². The fraction of sp³-hybridized carbons (Fsp3) is 0.333. The third-order valence-electron chi connectivity index (χ3n) is 0.647. The minimum absolute atomic E-state index is 0.431. The van der Waals surface area contributed by atoms with Crippen molar-refractivity contribution in [3.63, 3.8) is 0 Å². The smallest absolute Gasteiger partial charge is 0.243 e. The first-order valence-corrected chi connectivity index (χ1v) is 2.22. The molecule has 38 valence electrons. The maximum Gasteiger partial charge on any atom is 0.243 e. The third-order valence-corrected chi connectivity index (χ3v) is 1.03. The van der Waals surface area contributed by atoms with Crippen LogP contribution in [0.3, 0.4) is 0 Å². The molecule has 0 saturated heterocycles. The second-order valence-electron chi connectivity index (χ2n) is 1.18. The number of hydrogen-bond donors (Lipinski definition) is 1. The molecule has 0 amide bonds. The highest BCUT2D eigenvalue weighted by atomic mass is 32.1. The molecule has 1 heterocycles. The van der Waals surface area contributed by atoms with Gasteiger partial charge in [-0.1, -0.05) is 0 Å². The standard InChI is InChI=1S/C3H4N2OS/c1-2-3(7)6-5-4-2/h5H,1H3. The van der Waals surface area contributed by atoms with E-state index in [9.17, 15) is 0 Å². The number of aromatic nitrogens is 2. The minimum atomic E-state index is 0.431. The van der Waals surface area contributed by atoms with Crippen LogP contribution in [-0.2, 0) is 0 Å². The fourth-order valence-corrected chi connectivity index (χ4v) is 0.335. The molecule has 0 spiro atoms. The van der Waals surface area contributed by atoms with E-state index in [1.54, 1.807) is 6.92 Å². The summed E-state index contributed by atoms with van der Waals surface area (Å²) >= 11 is 4.63. The Balaban J connectivity index is 3.39. The molecule has 0 bridgehead atoms. The van der Waals surface area contributed by atoms with E-state index in [1.807, 2.05) is 0 Å². The third kappa shape index (κ3) is 0.691. The van der Waals surface area contributed by atoms with Crippen LogP contribution in [0.1, 0.15) is 5.69 Å². The Morgan fingerprint density at radius 3 is 2.71 bits per heavy atom. The van der Waals surface area contributed by atoms with Gasteiger partial charge in [0.2, 0.25) is 4.71 Å². The highest BCUT2D eigenvalue weighted by Gasteiger charge is 1.87. The van der Waals surface area contributed by atoms with Crippen LogP contribution in [0.15, 0.2) is 4.52 Å². The Kier molecular flexibility index (Phi) is 0.941. The lowest BCUT2D eigenvalue weighted by atomic mass is 10.6. The Morgan fingerprint density at radius 1 is 1.86 bits per heavy atom. The summed E-state index contributed by atoms with van der Waals surface area (Å²) in [6.45, 7) is 1.78. The van der Waals surface area contributed by atoms with E-state index in [0.717, 1.165) is 5.69 Å². The number of aromatic amines is 1. The van der Waals surface area contributed by atoms with Gasteiger partial charge in [0.15, 0.2) is 0 Å². The summed E-state index contributed by atoms with van der Waals surface area (Å²) in [5, 5.41) is 5.89. The first-order chi connectivity index (χ1) is 3.30. The molecular weight excluding hydrogens is 112 g/mol. The zero-order chi connectivity index (χ0) is 5.28. The molecule has 0 aliphatic rings. The van der Waals surface area contributed by atoms with E-state index in [2.05, 4.69) is 27.1 Å². The molecule has 0 atom stereocenters. The SMILES string of the molecule is Cc1n[nH]oc1=S. The maximum absolute atomic E-state index is 4.63. The lowest BCUT2D eigenvalue weighted by Gasteiger charge is -1.62. The molecule has 0 aliphatic heterocycles. The number of aryl methyl sites for hydroxylation is 1. The minimum Gasteiger partial charge on any atom is -0.351 e. The summed E-state index contributed by atoms with van der Waals surface area (Å²) in [5.74, 6) is 0. The average molecular weight is 116 g/mol. The van der Waals surface area contributed by atoms with Crippen molar-refractivity contribution in [1.82, 2.24) is 10.4 Å². The van der Waals surface area contributed by atoms with Crippen LogP contribution < -0.4 is 0 Å². The van der Waals surface area contributed by atoms with Crippen molar-refractivity contribution in [2.45, 2.75) is 6.92 Å². The summed E-state index contributed by atoms with van der Waals surface area (Å²) < 4.78 is 4.97. The van der Waals surface area contributed by atoms with Gasteiger partial charge in [0.05, 0.1) is 0 Å². The molecule has 0 radical (unpaired) electrons. The molecule has 0 fully saturated rings. The van der Waals surface area contributed by atoms with E-state index in [4.69, 9.17) is 0 Å². The van der Waals surface area contributed by atoms with Crippen molar-refractivity contribution < 1.29 is 4.52 Å². The van der Waals surface area contributed by atoms with Gasteiger partial charge in [-0.3, -0.25) is 0 Å². The van der Waals surface area contributed by atoms with Crippen molar-refractivity contribution in [3.05, 3.63) is 10.4 Å². The van der Waals surface area contributed by atoms with Gasteiger partial charge in [-0.2, -0.15) is 0 Å². The molecule has 1 N–H and O–H groups in total. The summed E-state index contributed by atoms with van der Waals surface area (Å²) in [4.78, 5) is 0. The molecule has 0 saturated carbocycles. The lowest BCUT2D eigenvalue weighted by Crippen LogP contribution is -1.66. The molecule has 0 aromatic carbocycles. The van der Waals surface area contributed by atoms with Gasteiger partial charge in [-0.25, -0.2) is 0 Å². The predicted molar refractivity (Wildman–Crippen MR) is 26.4 cm³/mol. The monoisotopic (exact) mass is 116 g/mol. The van der Waals surface area contributed by atoms with Crippen molar-refractivity contribution in [1.29, 1.82) is 0 Å². The maximum atomic E-state index is 4.63. The van der Waals surface area contributed by atoms with Crippen LogP contribution >= 0.6 is 12.2 Å². The average Bonchev–Trinajstić information content (AvgIpc) is 1.91. The molecular formula is C3H4N2OS. The van der Waals surface area contributed by atoms with Crippen LogP contribution in [0.25, 0.3) is 0 Å². The molecule has 1 aromatic heterocycles. The van der Waals surface area contributed by atoms with E-state index in [-0.39, 0.29) is 0 Å². The number of nitrogens with zero attached hydrogens (tertiary/aromatic N) is 1. The quantitative estimate of drug-likeness (QED) is 0.515. The number of rotatable bonds is 0. The highest BCUT2D eigenvalue weighted by Crippen LogP contribution is 1.90. The Labute approximate surface area is 45.3 Å². The van der Waals surface area contributed by atoms with Crippen molar-refractivity contribution in [3.8, 4) is 0 Å². The number of H-pyrrole nitrogens is 1. The summed E-state index contributed by atoms with van der Waals surface area (Å²) in [7, 11) is 0. The zero-order valence-corrected chi connectivity index (χ0v) is 4.58. The molecule has 7 heavy (non-hydrogen) atoms. The second kappa shape index (κ2) is 1.46. The van der Waals surface area contributed by atoms with Gasteiger partial charge in [-0.15, -0.1) is 10.4 Å². The Hall–Kier alpha value is -0.640. The van der Waals surface area contributed by atoms with Gasteiger partial charge >= 0.3 is 0 Å². The lowest BCUT2D eigenvalue weighted by molar-refractivity contribution is 0.383. The van der Waals surface area contributed by atoms with Crippen LogP contribution in [-0.4, -0.2) is 10.4 Å². The van der Waals surface area contributed by atoms with Gasteiger partial charge < -0.3 is 4.52 Å². The fourth-order valence-electron chi connectivity index (χ4n) is 0.252. The van der Waals surface area contributed by atoms with Crippen LogP contribution in [0.5, 0.6) is 0 Å². The molecule has 1 aromatic rings. The number of hydrogen-bond acceptors (Lipinski definition) is 3. The summed E-state index contributed by atoms with van der Waals surface area (Å²) in [6, 6.07) is 0. The van der Waals surface area contributed by atoms with E-state index in [0.29, 0.717) is 4.71 Å². The van der Waals surface area contributed by atoms with Crippen LogP contribution in [0.2, 0.25) is 0 Å². The number of nitrogens with one attached hydrogen (secondary N) is 1.